The SMILES string of the molecule is OC(c1ncc(C(F)F)s1)C1CCCN(c2nnnc3cc(N4CCOCC4)ccc23)C1. The number of hydrogen-bond acceptors (Lipinski definition) is 9. The van der Waals surface area contributed by atoms with Crippen LogP contribution in [0.5, 0.6) is 0 Å². The number of aromatic nitrogens is 4. The smallest absolute Gasteiger partial charge is 0.274 e. The summed E-state index contributed by atoms with van der Waals surface area (Å²) in [5.74, 6) is 0.603. The van der Waals surface area contributed by atoms with E-state index in [1.165, 1.54) is 0 Å². The van der Waals surface area contributed by atoms with Gasteiger partial charge < -0.3 is 19.6 Å². The lowest BCUT2D eigenvalue weighted by Crippen LogP contribution is -2.38. The van der Waals surface area contributed by atoms with Crippen molar-refractivity contribution >= 4 is 33.7 Å². The van der Waals surface area contributed by atoms with E-state index in [4.69, 9.17) is 4.74 Å². The van der Waals surface area contributed by atoms with Crippen LogP contribution in [0, 0.1) is 5.92 Å². The predicted octanol–water partition coefficient (Wildman–Crippen LogP) is 3.21. The summed E-state index contributed by atoms with van der Waals surface area (Å²) < 4.78 is 31.3. The lowest BCUT2D eigenvalue weighted by molar-refractivity contribution is 0.0977. The number of thiazole rings is 1. The Hall–Kier alpha value is -2.50. The van der Waals surface area contributed by atoms with Crippen molar-refractivity contribution in [2.75, 3.05) is 49.2 Å². The molecule has 1 aromatic carbocycles. The van der Waals surface area contributed by atoms with E-state index in [-0.39, 0.29) is 10.8 Å². The first kappa shape index (κ1) is 21.4. The maximum atomic E-state index is 12.9. The fourth-order valence-corrected chi connectivity index (χ4v) is 5.27. The fourth-order valence-electron chi connectivity index (χ4n) is 4.41. The van der Waals surface area contributed by atoms with Crippen LogP contribution in [-0.4, -0.2) is 64.9 Å². The molecule has 2 unspecified atom stereocenters. The number of benzene rings is 1. The summed E-state index contributed by atoms with van der Waals surface area (Å²) in [6.45, 7) is 4.42. The molecule has 0 spiro atoms. The monoisotopic (exact) mass is 462 g/mol. The number of ether oxygens (including phenoxy) is 1. The van der Waals surface area contributed by atoms with Gasteiger partial charge in [0.2, 0.25) is 0 Å². The zero-order valence-corrected chi connectivity index (χ0v) is 18.2. The Morgan fingerprint density at radius 1 is 1.12 bits per heavy atom. The van der Waals surface area contributed by atoms with E-state index >= 15 is 0 Å². The van der Waals surface area contributed by atoms with Gasteiger partial charge in [0.1, 0.15) is 16.6 Å². The molecule has 0 amide bonds. The Morgan fingerprint density at radius 3 is 2.75 bits per heavy atom. The van der Waals surface area contributed by atoms with E-state index in [1.807, 2.05) is 12.1 Å². The maximum absolute atomic E-state index is 12.9. The van der Waals surface area contributed by atoms with Gasteiger partial charge in [-0.15, -0.1) is 21.5 Å². The van der Waals surface area contributed by atoms with Gasteiger partial charge in [0.25, 0.3) is 6.43 Å². The zero-order chi connectivity index (χ0) is 22.1. The van der Waals surface area contributed by atoms with Crippen LogP contribution in [0.15, 0.2) is 24.4 Å². The van der Waals surface area contributed by atoms with Gasteiger partial charge in [-0.2, -0.15) is 0 Å². The van der Waals surface area contributed by atoms with Gasteiger partial charge in [0.05, 0.1) is 18.1 Å². The highest BCUT2D eigenvalue weighted by molar-refractivity contribution is 7.11. The molecular weight excluding hydrogens is 438 g/mol. The minimum absolute atomic E-state index is 0.117. The second-order valence-corrected chi connectivity index (χ2v) is 9.20. The molecule has 170 valence electrons. The topological polar surface area (TPSA) is 87.5 Å². The van der Waals surface area contributed by atoms with Crippen molar-refractivity contribution in [3.8, 4) is 0 Å². The molecule has 3 aromatic rings. The maximum Gasteiger partial charge on any atom is 0.274 e. The van der Waals surface area contributed by atoms with Gasteiger partial charge in [-0.1, -0.05) is 0 Å². The van der Waals surface area contributed by atoms with E-state index in [0.717, 1.165) is 72.4 Å². The van der Waals surface area contributed by atoms with E-state index in [2.05, 4.69) is 36.3 Å². The van der Waals surface area contributed by atoms with Crippen LogP contribution < -0.4 is 9.80 Å². The van der Waals surface area contributed by atoms with Crippen LogP contribution in [0.25, 0.3) is 10.9 Å². The summed E-state index contributed by atoms with van der Waals surface area (Å²) in [5, 5.41) is 24.6. The molecule has 0 bridgehead atoms. The van der Waals surface area contributed by atoms with Crippen molar-refractivity contribution in [3.63, 3.8) is 0 Å². The summed E-state index contributed by atoms with van der Waals surface area (Å²) in [4.78, 5) is 8.28. The van der Waals surface area contributed by atoms with Crippen LogP contribution in [0.1, 0.15) is 35.3 Å². The van der Waals surface area contributed by atoms with E-state index in [9.17, 15) is 13.9 Å². The number of piperidine rings is 1. The Labute approximate surface area is 187 Å². The van der Waals surface area contributed by atoms with Crippen LogP contribution >= 0.6 is 11.3 Å². The number of aliphatic hydroxyl groups is 1. The number of anilines is 2. The molecule has 2 aliphatic heterocycles. The Bertz CT molecular complexity index is 1080. The van der Waals surface area contributed by atoms with E-state index in [1.54, 1.807) is 0 Å². The fraction of sp³-hybridized carbons (Fsp3) is 0.524. The second kappa shape index (κ2) is 9.16. The highest BCUT2D eigenvalue weighted by Gasteiger charge is 2.31. The van der Waals surface area contributed by atoms with Crippen molar-refractivity contribution in [3.05, 3.63) is 34.3 Å². The Kier molecular flexibility index (Phi) is 6.11. The minimum atomic E-state index is -2.57. The largest absolute Gasteiger partial charge is 0.386 e. The van der Waals surface area contributed by atoms with Crippen molar-refractivity contribution < 1.29 is 18.6 Å². The van der Waals surface area contributed by atoms with E-state index < -0.39 is 12.5 Å². The molecule has 2 aliphatic rings. The Morgan fingerprint density at radius 2 is 1.97 bits per heavy atom. The van der Waals surface area contributed by atoms with Gasteiger partial charge in [-0.05, 0) is 36.3 Å². The van der Waals surface area contributed by atoms with Crippen LogP contribution in [0.3, 0.4) is 0 Å². The molecule has 0 aliphatic carbocycles. The van der Waals surface area contributed by atoms with Gasteiger partial charge in [-0.25, -0.2) is 13.8 Å². The third kappa shape index (κ3) is 4.24. The summed E-state index contributed by atoms with van der Waals surface area (Å²) in [6.07, 6.45) is -0.658. The summed E-state index contributed by atoms with van der Waals surface area (Å²) >= 11 is 0.876. The third-order valence-corrected chi connectivity index (χ3v) is 7.18. The molecule has 32 heavy (non-hydrogen) atoms. The van der Waals surface area contributed by atoms with Crippen LogP contribution in [0.4, 0.5) is 20.3 Å². The lowest BCUT2D eigenvalue weighted by Gasteiger charge is -2.35. The number of fused-ring (bicyclic) bond motifs is 1. The number of rotatable bonds is 5. The average molecular weight is 463 g/mol. The van der Waals surface area contributed by atoms with Crippen molar-refractivity contribution in [1.82, 2.24) is 20.4 Å². The van der Waals surface area contributed by atoms with Crippen LogP contribution in [-0.2, 0) is 4.74 Å². The molecule has 8 nitrogen and oxygen atoms in total. The zero-order valence-electron chi connectivity index (χ0n) is 17.4. The normalized spacial score (nSPS) is 20.8. The number of halogens is 2. The summed E-state index contributed by atoms with van der Waals surface area (Å²) in [6, 6.07) is 6.11. The first-order chi connectivity index (χ1) is 15.6. The molecule has 0 saturated carbocycles. The molecule has 2 fully saturated rings. The lowest BCUT2D eigenvalue weighted by atomic mass is 9.92. The number of aliphatic hydroxyl groups excluding tert-OH is 1. The number of nitrogens with zero attached hydrogens (tertiary/aromatic N) is 6. The quantitative estimate of drug-likeness (QED) is 0.619. The van der Waals surface area contributed by atoms with Crippen LogP contribution in [0.2, 0.25) is 0 Å². The van der Waals surface area contributed by atoms with Gasteiger partial charge in [0.15, 0.2) is 5.82 Å². The molecule has 5 rings (SSSR count). The standard InChI is InChI=1S/C21H24F2N6O2S/c22-19(23)17-11-24-21(32-17)18(30)13-2-1-5-29(12-13)20-15-4-3-14(10-16(15)25-27-26-20)28-6-8-31-9-7-28/h3-4,10-11,13,18-19,30H,1-2,5-9,12H2. The van der Waals surface area contributed by atoms with Crippen molar-refractivity contribution in [2.45, 2.75) is 25.4 Å². The third-order valence-electron chi connectivity index (χ3n) is 6.10. The molecule has 1 N–H and O–H groups in total. The molecule has 0 radical (unpaired) electrons. The molecule has 11 heteroatoms. The predicted molar refractivity (Wildman–Crippen MR) is 117 cm³/mol. The molecule has 4 heterocycles. The molecule has 2 saturated heterocycles. The average Bonchev–Trinajstić information content (AvgIpc) is 3.34. The number of alkyl halides is 2. The number of hydrogen-bond donors (Lipinski definition) is 1. The minimum Gasteiger partial charge on any atom is -0.386 e. The number of morpholine rings is 1. The van der Waals surface area contributed by atoms with Crippen molar-refractivity contribution in [1.29, 1.82) is 0 Å². The molecule has 2 atom stereocenters. The second-order valence-electron chi connectivity index (χ2n) is 8.11. The Balaban J connectivity index is 1.37. The van der Waals surface area contributed by atoms with Gasteiger partial charge in [-0.3, -0.25) is 0 Å². The van der Waals surface area contributed by atoms with Gasteiger partial charge >= 0.3 is 0 Å². The highest BCUT2D eigenvalue weighted by Crippen LogP contribution is 2.36. The van der Waals surface area contributed by atoms with Crippen molar-refractivity contribution in [2.24, 2.45) is 5.92 Å². The first-order valence-corrected chi connectivity index (χ1v) is 11.5. The highest BCUT2D eigenvalue weighted by atomic mass is 32.1. The first-order valence-electron chi connectivity index (χ1n) is 10.7. The summed E-state index contributed by atoms with van der Waals surface area (Å²) in [5.41, 5.74) is 1.85. The van der Waals surface area contributed by atoms with Gasteiger partial charge in [0, 0.05) is 49.4 Å². The summed E-state index contributed by atoms with van der Waals surface area (Å²) in [7, 11) is 0. The molecular formula is C21H24F2N6O2S. The van der Waals surface area contributed by atoms with E-state index in [0.29, 0.717) is 24.8 Å². The molecule has 2 aromatic heterocycles.